The third kappa shape index (κ3) is 2.91. The first kappa shape index (κ1) is 14.7. The van der Waals surface area contributed by atoms with E-state index < -0.39 is 36.6 Å². The average molecular weight is 283 g/mol. The molecule has 7 heteroatoms. The first-order valence-corrected chi connectivity index (χ1v) is 6.19. The highest BCUT2D eigenvalue weighted by Crippen LogP contribution is 2.22. The van der Waals surface area contributed by atoms with Crippen molar-refractivity contribution in [3.63, 3.8) is 0 Å². The maximum atomic E-state index is 10.7. The van der Waals surface area contributed by atoms with E-state index in [0.29, 0.717) is 5.69 Å². The highest BCUT2D eigenvalue weighted by atomic mass is 16.5. The van der Waals surface area contributed by atoms with Crippen LogP contribution in [-0.2, 0) is 4.74 Å². The number of aromatic carboxylic acids is 1. The van der Waals surface area contributed by atoms with Crippen LogP contribution in [0.2, 0.25) is 0 Å². The van der Waals surface area contributed by atoms with Gasteiger partial charge in [0.2, 0.25) is 0 Å². The minimum Gasteiger partial charge on any atom is -0.478 e. The Balaban J connectivity index is 2.07. The lowest BCUT2D eigenvalue weighted by Crippen LogP contribution is -2.58. The zero-order chi connectivity index (χ0) is 14.9. The summed E-state index contributed by atoms with van der Waals surface area (Å²) in [6.07, 6.45) is -5.28. The maximum Gasteiger partial charge on any atom is 0.335 e. The van der Waals surface area contributed by atoms with Gasteiger partial charge in [-0.3, -0.25) is 0 Å². The second kappa shape index (κ2) is 5.76. The van der Waals surface area contributed by atoms with Gasteiger partial charge >= 0.3 is 5.97 Å². The Morgan fingerprint density at radius 3 is 2.25 bits per heavy atom. The molecule has 110 valence electrons. The van der Waals surface area contributed by atoms with Crippen molar-refractivity contribution in [1.82, 2.24) is 0 Å². The summed E-state index contributed by atoms with van der Waals surface area (Å²) in [7, 11) is 0. The molecule has 1 heterocycles. The fraction of sp³-hybridized carbons (Fsp3) is 0.462. The zero-order valence-corrected chi connectivity index (χ0v) is 10.8. The average Bonchev–Trinajstić information content (AvgIpc) is 2.43. The summed E-state index contributed by atoms with van der Waals surface area (Å²) in [5, 5.41) is 40.7. The number of hydrogen-bond acceptors (Lipinski definition) is 6. The molecule has 7 nitrogen and oxygen atoms in total. The number of carboxylic acids is 1. The van der Waals surface area contributed by atoms with E-state index in [2.05, 4.69) is 5.32 Å². The molecule has 0 saturated carbocycles. The highest BCUT2D eigenvalue weighted by molar-refractivity contribution is 5.87. The summed E-state index contributed by atoms with van der Waals surface area (Å²) < 4.78 is 5.38. The number of carbonyl (C=O) groups is 1. The second-order valence-corrected chi connectivity index (χ2v) is 4.76. The van der Waals surface area contributed by atoms with Gasteiger partial charge in [-0.15, -0.1) is 0 Å². The van der Waals surface area contributed by atoms with Crippen LogP contribution < -0.4 is 5.32 Å². The van der Waals surface area contributed by atoms with E-state index in [0.717, 1.165) is 0 Å². The molecule has 1 aromatic carbocycles. The van der Waals surface area contributed by atoms with E-state index in [1.54, 1.807) is 6.92 Å². The first-order chi connectivity index (χ1) is 9.40. The number of aliphatic hydroxyl groups is 3. The largest absolute Gasteiger partial charge is 0.478 e. The molecular weight excluding hydrogens is 266 g/mol. The third-order valence-corrected chi connectivity index (χ3v) is 3.29. The minimum absolute atomic E-state index is 0.143. The number of nitrogens with one attached hydrogen (secondary N) is 1. The fourth-order valence-electron chi connectivity index (χ4n) is 2.04. The molecule has 0 bridgehead atoms. The molecule has 5 atom stereocenters. The number of hydrogen-bond donors (Lipinski definition) is 5. The lowest BCUT2D eigenvalue weighted by Gasteiger charge is -2.39. The monoisotopic (exact) mass is 283 g/mol. The van der Waals surface area contributed by atoms with Crippen LogP contribution in [0.3, 0.4) is 0 Å². The van der Waals surface area contributed by atoms with Crippen molar-refractivity contribution in [3.05, 3.63) is 29.8 Å². The molecule has 1 aliphatic heterocycles. The molecule has 0 aliphatic carbocycles. The van der Waals surface area contributed by atoms with Gasteiger partial charge in [0.05, 0.1) is 11.7 Å². The van der Waals surface area contributed by atoms with Crippen molar-refractivity contribution in [2.45, 2.75) is 37.6 Å². The van der Waals surface area contributed by atoms with E-state index in [9.17, 15) is 20.1 Å². The van der Waals surface area contributed by atoms with Crippen LogP contribution in [0, 0.1) is 0 Å². The normalized spacial score (nSPS) is 33.7. The smallest absolute Gasteiger partial charge is 0.335 e. The van der Waals surface area contributed by atoms with Crippen LogP contribution in [0.25, 0.3) is 0 Å². The van der Waals surface area contributed by atoms with Crippen molar-refractivity contribution >= 4 is 11.7 Å². The van der Waals surface area contributed by atoms with Gasteiger partial charge < -0.3 is 30.5 Å². The van der Waals surface area contributed by atoms with E-state index in [1.807, 2.05) is 0 Å². The summed E-state index contributed by atoms with van der Waals surface area (Å²) in [6, 6.07) is 5.88. The fourth-order valence-corrected chi connectivity index (χ4v) is 2.04. The summed E-state index contributed by atoms with van der Waals surface area (Å²) >= 11 is 0. The van der Waals surface area contributed by atoms with Crippen molar-refractivity contribution in [1.29, 1.82) is 0 Å². The Labute approximate surface area is 115 Å². The molecule has 2 rings (SSSR count). The number of anilines is 1. The van der Waals surface area contributed by atoms with Gasteiger partial charge in [0.1, 0.15) is 18.3 Å². The van der Waals surface area contributed by atoms with E-state index >= 15 is 0 Å². The summed E-state index contributed by atoms with van der Waals surface area (Å²) in [5.41, 5.74) is 0.680. The van der Waals surface area contributed by atoms with Crippen molar-refractivity contribution in [2.75, 3.05) is 5.32 Å². The Kier molecular flexibility index (Phi) is 4.24. The topological polar surface area (TPSA) is 119 Å². The molecular formula is C13H17NO6. The Morgan fingerprint density at radius 1 is 1.10 bits per heavy atom. The molecule has 1 aromatic rings. The van der Waals surface area contributed by atoms with E-state index in [-0.39, 0.29) is 5.56 Å². The van der Waals surface area contributed by atoms with Gasteiger partial charge in [-0.05, 0) is 31.2 Å². The van der Waals surface area contributed by atoms with Crippen LogP contribution >= 0.6 is 0 Å². The Hall–Kier alpha value is -1.67. The maximum absolute atomic E-state index is 10.7. The van der Waals surface area contributed by atoms with Gasteiger partial charge in [0, 0.05) is 5.69 Å². The molecule has 0 unspecified atom stereocenters. The van der Waals surface area contributed by atoms with Crippen molar-refractivity contribution in [3.8, 4) is 0 Å². The van der Waals surface area contributed by atoms with Crippen LogP contribution in [0.4, 0.5) is 5.69 Å². The SMILES string of the molecule is C[C@H]1O[C@@H](Nc2ccc(C(=O)O)cc2)[C@H](O)[C@H](O)[C@H]1O. The van der Waals surface area contributed by atoms with Gasteiger partial charge in [-0.25, -0.2) is 4.79 Å². The predicted octanol–water partition coefficient (Wildman–Crippen LogP) is -0.376. The molecule has 1 saturated heterocycles. The highest BCUT2D eigenvalue weighted by Gasteiger charge is 2.41. The summed E-state index contributed by atoms with van der Waals surface area (Å²) in [4.78, 5) is 10.7. The van der Waals surface area contributed by atoms with E-state index in [4.69, 9.17) is 9.84 Å². The van der Waals surface area contributed by atoms with Gasteiger partial charge in [-0.2, -0.15) is 0 Å². The molecule has 0 radical (unpaired) electrons. The van der Waals surface area contributed by atoms with Gasteiger partial charge in [-0.1, -0.05) is 0 Å². The molecule has 0 amide bonds. The minimum atomic E-state index is -1.31. The summed E-state index contributed by atoms with van der Waals surface area (Å²) in [5.74, 6) is -1.03. The summed E-state index contributed by atoms with van der Waals surface area (Å²) in [6.45, 7) is 1.59. The molecule has 5 N–H and O–H groups in total. The van der Waals surface area contributed by atoms with Crippen LogP contribution in [0.5, 0.6) is 0 Å². The lowest BCUT2D eigenvalue weighted by molar-refractivity contribution is -0.209. The van der Waals surface area contributed by atoms with Crippen LogP contribution in [0.15, 0.2) is 24.3 Å². The number of aliphatic hydroxyl groups excluding tert-OH is 3. The second-order valence-electron chi connectivity index (χ2n) is 4.76. The molecule has 20 heavy (non-hydrogen) atoms. The van der Waals surface area contributed by atoms with Crippen LogP contribution in [0.1, 0.15) is 17.3 Å². The molecule has 0 aromatic heterocycles. The first-order valence-electron chi connectivity index (χ1n) is 6.19. The number of carboxylic acid groups (broad SMARTS) is 1. The Morgan fingerprint density at radius 2 is 1.70 bits per heavy atom. The van der Waals surface area contributed by atoms with Gasteiger partial charge in [0.15, 0.2) is 6.23 Å². The number of rotatable bonds is 3. The molecule has 0 spiro atoms. The van der Waals surface area contributed by atoms with Crippen molar-refractivity contribution < 1.29 is 30.0 Å². The Bertz CT molecular complexity index is 476. The number of benzene rings is 1. The lowest BCUT2D eigenvalue weighted by atomic mass is 9.99. The van der Waals surface area contributed by atoms with Crippen LogP contribution in [-0.4, -0.2) is 57.0 Å². The number of ether oxygens (including phenoxy) is 1. The zero-order valence-electron chi connectivity index (χ0n) is 10.8. The molecule has 1 aliphatic rings. The van der Waals surface area contributed by atoms with Crippen molar-refractivity contribution in [2.24, 2.45) is 0 Å². The predicted molar refractivity (Wildman–Crippen MR) is 69.4 cm³/mol. The molecule has 1 fully saturated rings. The third-order valence-electron chi connectivity index (χ3n) is 3.29. The quantitative estimate of drug-likeness (QED) is 0.513. The van der Waals surface area contributed by atoms with Gasteiger partial charge in [0.25, 0.3) is 0 Å². The standard InChI is InChI=1S/C13H17NO6/c1-6-9(15)10(16)11(17)12(20-6)14-8-4-2-7(3-5-8)13(18)19/h2-6,9-12,14-17H,1H3,(H,18,19)/t6-,9+,10-,11-,12-/m1/s1. The van der Waals surface area contributed by atoms with E-state index in [1.165, 1.54) is 24.3 Å².